The highest BCUT2D eigenvalue weighted by Gasteiger charge is 2.22. The molecule has 0 bridgehead atoms. The third-order valence-electron chi connectivity index (χ3n) is 2.94. The number of aryl methyl sites for hydroxylation is 2. The van der Waals surface area contributed by atoms with Crippen molar-refractivity contribution >= 4 is 15.9 Å². The van der Waals surface area contributed by atoms with Crippen LogP contribution in [0.25, 0.3) is 0 Å². The van der Waals surface area contributed by atoms with Crippen LogP contribution in [0.4, 0.5) is 0 Å². The van der Waals surface area contributed by atoms with Gasteiger partial charge >= 0.3 is 0 Å². The van der Waals surface area contributed by atoms with Crippen LogP contribution in [-0.2, 0) is 14.8 Å². The number of nitrogens with zero attached hydrogens (tertiary/aromatic N) is 2. The van der Waals surface area contributed by atoms with Crippen molar-refractivity contribution in [2.75, 3.05) is 19.6 Å². The number of carbonyl (C=O) groups excluding carboxylic acids is 1. The van der Waals surface area contributed by atoms with Gasteiger partial charge in [-0.25, -0.2) is 13.1 Å². The van der Waals surface area contributed by atoms with E-state index in [0.29, 0.717) is 24.5 Å². The van der Waals surface area contributed by atoms with Gasteiger partial charge in [-0.05, 0) is 20.3 Å². The molecule has 0 aliphatic heterocycles. The Morgan fingerprint density at radius 2 is 2.00 bits per heavy atom. The summed E-state index contributed by atoms with van der Waals surface area (Å²) in [6.07, 6.45) is 0.840. The molecule has 0 spiro atoms. The van der Waals surface area contributed by atoms with Gasteiger partial charge in [0.05, 0.1) is 11.4 Å². The highest BCUT2D eigenvalue weighted by molar-refractivity contribution is 7.89. The van der Waals surface area contributed by atoms with Crippen LogP contribution in [0.1, 0.15) is 31.7 Å². The average Bonchev–Trinajstić information content (AvgIpc) is 2.68. The second-order valence-corrected chi connectivity index (χ2v) is 6.37. The molecule has 114 valence electrons. The lowest BCUT2D eigenvalue weighted by molar-refractivity contribution is -0.128. The van der Waals surface area contributed by atoms with Gasteiger partial charge < -0.3 is 4.90 Å². The number of carbonyl (C=O) groups is 1. The molecule has 1 aromatic rings. The van der Waals surface area contributed by atoms with Crippen LogP contribution in [0.3, 0.4) is 0 Å². The number of H-pyrrole nitrogens is 1. The second-order valence-electron chi connectivity index (χ2n) is 4.67. The van der Waals surface area contributed by atoms with Gasteiger partial charge in [-0.3, -0.25) is 9.89 Å². The molecule has 0 aromatic carbocycles. The Balaban J connectivity index is 2.67. The van der Waals surface area contributed by atoms with E-state index in [1.807, 2.05) is 6.92 Å². The molecule has 20 heavy (non-hydrogen) atoms. The number of aromatic nitrogens is 2. The fourth-order valence-corrected chi connectivity index (χ4v) is 3.41. The molecule has 0 fully saturated rings. The van der Waals surface area contributed by atoms with Gasteiger partial charge in [0.2, 0.25) is 15.9 Å². The highest BCUT2D eigenvalue weighted by atomic mass is 32.2. The smallest absolute Gasteiger partial charge is 0.244 e. The fraction of sp³-hybridized carbons (Fsp3) is 0.667. The van der Waals surface area contributed by atoms with Crippen LogP contribution in [-0.4, -0.2) is 49.1 Å². The number of rotatable bonds is 7. The maximum Gasteiger partial charge on any atom is 0.244 e. The van der Waals surface area contributed by atoms with E-state index < -0.39 is 10.0 Å². The number of amides is 1. The third kappa shape index (κ3) is 4.04. The largest absolute Gasteiger partial charge is 0.342 e. The fourth-order valence-electron chi connectivity index (χ4n) is 2.02. The molecule has 1 rings (SSSR count). The van der Waals surface area contributed by atoms with E-state index in [-0.39, 0.29) is 17.3 Å². The van der Waals surface area contributed by atoms with Gasteiger partial charge in [0, 0.05) is 26.6 Å². The summed E-state index contributed by atoms with van der Waals surface area (Å²) in [5.74, 6) is -0.0540. The quantitative estimate of drug-likeness (QED) is 0.769. The molecule has 1 heterocycles. The number of sulfonamides is 1. The topological polar surface area (TPSA) is 95.2 Å². The van der Waals surface area contributed by atoms with Gasteiger partial charge in [0.25, 0.3) is 0 Å². The van der Waals surface area contributed by atoms with Crippen molar-refractivity contribution in [2.45, 2.75) is 39.0 Å². The van der Waals surface area contributed by atoms with Crippen molar-refractivity contribution in [1.82, 2.24) is 19.8 Å². The molecule has 0 unspecified atom stereocenters. The molecule has 1 aromatic heterocycles. The van der Waals surface area contributed by atoms with Crippen LogP contribution in [0.15, 0.2) is 4.90 Å². The summed E-state index contributed by atoms with van der Waals surface area (Å²) in [6.45, 7) is 7.92. The second kappa shape index (κ2) is 6.85. The Kier molecular flexibility index (Phi) is 5.70. The summed E-state index contributed by atoms with van der Waals surface area (Å²) in [6, 6.07) is 0. The van der Waals surface area contributed by atoms with Gasteiger partial charge in [0.15, 0.2) is 0 Å². The van der Waals surface area contributed by atoms with Crippen molar-refractivity contribution in [1.29, 1.82) is 0 Å². The molecule has 1 amide bonds. The Morgan fingerprint density at radius 1 is 1.35 bits per heavy atom. The lowest BCUT2D eigenvalue weighted by atomic mass is 10.4. The normalized spacial score (nSPS) is 11.6. The van der Waals surface area contributed by atoms with E-state index in [0.717, 1.165) is 6.42 Å². The first-order chi connectivity index (χ1) is 9.29. The molecular formula is C12H22N4O3S. The van der Waals surface area contributed by atoms with E-state index in [9.17, 15) is 13.2 Å². The van der Waals surface area contributed by atoms with Gasteiger partial charge in [-0.1, -0.05) is 6.92 Å². The molecular weight excluding hydrogens is 280 g/mol. The molecule has 0 aliphatic rings. The predicted molar refractivity (Wildman–Crippen MR) is 75.8 cm³/mol. The number of nitrogens with one attached hydrogen (secondary N) is 2. The van der Waals surface area contributed by atoms with E-state index in [4.69, 9.17) is 0 Å². The van der Waals surface area contributed by atoms with Crippen molar-refractivity contribution in [3.8, 4) is 0 Å². The zero-order chi connectivity index (χ0) is 15.3. The SMILES string of the molecule is CCCN(CCNS(=O)(=O)c1c(C)n[nH]c1C)C(C)=O. The number of hydrogen-bond acceptors (Lipinski definition) is 4. The van der Waals surface area contributed by atoms with Crippen LogP contribution >= 0.6 is 0 Å². The van der Waals surface area contributed by atoms with Crippen LogP contribution in [0, 0.1) is 13.8 Å². The minimum Gasteiger partial charge on any atom is -0.342 e. The summed E-state index contributed by atoms with van der Waals surface area (Å²) < 4.78 is 26.8. The summed E-state index contributed by atoms with van der Waals surface area (Å²) in [5, 5.41) is 6.52. The lowest BCUT2D eigenvalue weighted by Gasteiger charge is -2.20. The molecule has 7 nitrogen and oxygen atoms in total. The minimum absolute atomic E-state index is 0.0540. The number of hydrogen-bond donors (Lipinski definition) is 2. The van der Waals surface area contributed by atoms with Crippen molar-refractivity contribution in [3.63, 3.8) is 0 Å². The van der Waals surface area contributed by atoms with E-state index in [1.54, 1.807) is 18.7 Å². The third-order valence-corrected chi connectivity index (χ3v) is 4.67. The first-order valence-electron chi connectivity index (χ1n) is 6.56. The lowest BCUT2D eigenvalue weighted by Crippen LogP contribution is -2.38. The minimum atomic E-state index is -3.60. The summed E-state index contributed by atoms with van der Waals surface area (Å²) >= 11 is 0. The van der Waals surface area contributed by atoms with E-state index in [2.05, 4.69) is 14.9 Å². The molecule has 8 heteroatoms. The van der Waals surface area contributed by atoms with Gasteiger partial charge in [0.1, 0.15) is 4.90 Å². The highest BCUT2D eigenvalue weighted by Crippen LogP contribution is 2.15. The zero-order valence-electron chi connectivity index (χ0n) is 12.4. The summed E-state index contributed by atoms with van der Waals surface area (Å²) in [4.78, 5) is 13.2. The summed E-state index contributed by atoms with van der Waals surface area (Å²) in [5.41, 5.74) is 0.943. The molecule has 0 atom stereocenters. The molecule has 0 radical (unpaired) electrons. The monoisotopic (exact) mass is 302 g/mol. The van der Waals surface area contributed by atoms with E-state index in [1.165, 1.54) is 6.92 Å². The maximum absolute atomic E-state index is 12.2. The zero-order valence-corrected chi connectivity index (χ0v) is 13.2. The molecule has 0 saturated heterocycles. The molecule has 2 N–H and O–H groups in total. The van der Waals surface area contributed by atoms with E-state index >= 15 is 0 Å². The average molecular weight is 302 g/mol. The van der Waals surface area contributed by atoms with Crippen LogP contribution in [0.5, 0.6) is 0 Å². The van der Waals surface area contributed by atoms with Gasteiger partial charge in [-0.2, -0.15) is 5.10 Å². The van der Waals surface area contributed by atoms with Crippen molar-refractivity contribution in [3.05, 3.63) is 11.4 Å². The first kappa shape index (κ1) is 16.6. The van der Waals surface area contributed by atoms with Crippen molar-refractivity contribution in [2.24, 2.45) is 0 Å². The Labute approximate surface area is 119 Å². The van der Waals surface area contributed by atoms with Crippen LogP contribution in [0.2, 0.25) is 0 Å². The Bertz CT molecular complexity index is 546. The van der Waals surface area contributed by atoms with Crippen molar-refractivity contribution < 1.29 is 13.2 Å². The summed E-state index contributed by atoms with van der Waals surface area (Å²) in [7, 11) is -3.60. The van der Waals surface area contributed by atoms with Gasteiger partial charge in [-0.15, -0.1) is 0 Å². The van der Waals surface area contributed by atoms with Crippen LogP contribution < -0.4 is 4.72 Å². The Morgan fingerprint density at radius 3 is 2.45 bits per heavy atom. The number of aromatic amines is 1. The maximum atomic E-state index is 12.2. The molecule has 0 saturated carbocycles. The first-order valence-corrected chi connectivity index (χ1v) is 8.04. The standard InChI is InChI=1S/C12H22N4O3S/c1-5-7-16(11(4)17)8-6-13-20(18,19)12-9(2)14-15-10(12)3/h13H,5-8H2,1-4H3,(H,14,15). The predicted octanol–water partition coefficient (Wildman–Crippen LogP) is 0.563. The Hall–Kier alpha value is -1.41. The molecule has 0 aliphatic carbocycles.